The number of methoxy groups -OCH3 is 1. The van der Waals surface area contributed by atoms with Crippen molar-refractivity contribution < 1.29 is 19.1 Å². The fourth-order valence-corrected chi connectivity index (χ4v) is 5.19. The number of rotatable bonds is 5. The molecule has 1 aliphatic rings. The number of piperazine rings is 1. The number of benzene rings is 1. The van der Waals surface area contributed by atoms with Gasteiger partial charge >= 0.3 is 0 Å². The first-order chi connectivity index (χ1) is 15.5. The second-order valence-corrected chi connectivity index (χ2v) is 8.63. The lowest BCUT2D eigenvalue weighted by molar-refractivity contribution is -0.130. The molecule has 166 valence electrons. The molecule has 4 heterocycles. The fourth-order valence-electron chi connectivity index (χ4n) is 4.07. The number of thiazole rings is 1. The van der Waals surface area contributed by atoms with Gasteiger partial charge in [0.25, 0.3) is 0 Å². The minimum Gasteiger partial charge on any atom is -0.497 e. The molecular weight excluding hydrogens is 430 g/mol. The summed E-state index contributed by atoms with van der Waals surface area (Å²) < 4.78 is 12.3. The predicted octanol–water partition coefficient (Wildman–Crippen LogP) is 3.02. The third-order valence-corrected chi connectivity index (χ3v) is 6.80. The molecule has 9 nitrogen and oxygen atoms in total. The monoisotopic (exact) mass is 453 g/mol. The van der Waals surface area contributed by atoms with Gasteiger partial charge in [-0.15, -0.1) is 5.10 Å². The fraction of sp³-hybridized carbons (Fsp3) is 0.318. The van der Waals surface area contributed by atoms with E-state index in [2.05, 4.69) is 15.0 Å². The van der Waals surface area contributed by atoms with Crippen LogP contribution in [0.1, 0.15) is 23.4 Å². The molecule has 1 fully saturated rings. The van der Waals surface area contributed by atoms with Crippen LogP contribution in [0.3, 0.4) is 0 Å². The average Bonchev–Trinajstić information content (AvgIpc) is 3.53. The normalized spacial score (nSPS) is 15.9. The highest BCUT2D eigenvalue weighted by Crippen LogP contribution is 2.41. The Labute approximate surface area is 188 Å². The van der Waals surface area contributed by atoms with Crippen LogP contribution in [0.25, 0.3) is 16.5 Å². The molecule has 5 rings (SSSR count). The highest BCUT2D eigenvalue weighted by Gasteiger charge is 2.32. The lowest BCUT2D eigenvalue weighted by Gasteiger charge is -2.38. The van der Waals surface area contributed by atoms with E-state index in [1.165, 1.54) is 15.9 Å². The SMILES string of the molecule is COc1cccc([C@@H](c2sc3nc(-c4ccco4)nn3c2O)N2CCN(C(C)=O)CC2)c1. The summed E-state index contributed by atoms with van der Waals surface area (Å²) in [5, 5.41) is 15.6. The van der Waals surface area contributed by atoms with Crippen LogP contribution < -0.4 is 4.74 Å². The number of furan rings is 1. The molecule has 1 aliphatic heterocycles. The van der Waals surface area contributed by atoms with Crippen molar-refractivity contribution in [3.8, 4) is 23.2 Å². The second kappa shape index (κ2) is 8.29. The summed E-state index contributed by atoms with van der Waals surface area (Å²) in [7, 11) is 1.64. The van der Waals surface area contributed by atoms with Crippen LogP contribution in [-0.2, 0) is 4.79 Å². The Bertz CT molecular complexity index is 1240. The number of amides is 1. The maximum Gasteiger partial charge on any atom is 0.230 e. The molecule has 1 saturated heterocycles. The van der Waals surface area contributed by atoms with E-state index < -0.39 is 0 Å². The smallest absolute Gasteiger partial charge is 0.230 e. The number of carbonyl (C=O) groups excluding carboxylic acids is 1. The average molecular weight is 454 g/mol. The molecule has 0 radical (unpaired) electrons. The molecule has 0 spiro atoms. The van der Waals surface area contributed by atoms with Crippen molar-refractivity contribution in [1.82, 2.24) is 24.4 Å². The van der Waals surface area contributed by atoms with Crippen LogP contribution in [-0.4, -0.2) is 68.7 Å². The number of ether oxygens (including phenoxy) is 1. The molecule has 1 N–H and O–H groups in total. The van der Waals surface area contributed by atoms with Crippen molar-refractivity contribution in [2.75, 3.05) is 33.3 Å². The summed E-state index contributed by atoms with van der Waals surface area (Å²) in [6, 6.07) is 11.2. The Hall–Kier alpha value is -3.37. The Kier molecular flexibility index (Phi) is 5.32. The van der Waals surface area contributed by atoms with Crippen molar-refractivity contribution >= 4 is 22.2 Å². The lowest BCUT2D eigenvalue weighted by atomic mass is 10.0. The maximum absolute atomic E-state index is 11.8. The molecule has 0 bridgehead atoms. The Morgan fingerprint density at radius 3 is 2.69 bits per heavy atom. The van der Waals surface area contributed by atoms with Crippen LogP contribution in [0.2, 0.25) is 0 Å². The zero-order valence-corrected chi connectivity index (χ0v) is 18.6. The minimum absolute atomic E-state index is 0.0529. The third-order valence-electron chi connectivity index (χ3n) is 5.72. The van der Waals surface area contributed by atoms with Crippen molar-refractivity contribution in [3.63, 3.8) is 0 Å². The topological polar surface area (TPSA) is 96.3 Å². The zero-order chi connectivity index (χ0) is 22.2. The Balaban J connectivity index is 1.55. The predicted molar refractivity (Wildman–Crippen MR) is 119 cm³/mol. The van der Waals surface area contributed by atoms with E-state index in [-0.39, 0.29) is 17.8 Å². The molecule has 1 amide bonds. The van der Waals surface area contributed by atoms with Gasteiger partial charge in [-0.3, -0.25) is 9.69 Å². The van der Waals surface area contributed by atoms with Crippen molar-refractivity contribution in [1.29, 1.82) is 0 Å². The van der Waals surface area contributed by atoms with E-state index >= 15 is 0 Å². The largest absolute Gasteiger partial charge is 0.497 e. The molecular formula is C22H23N5O4S. The van der Waals surface area contributed by atoms with Gasteiger partial charge in [-0.1, -0.05) is 23.5 Å². The van der Waals surface area contributed by atoms with Crippen molar-refractivity contribution in [3.05, 3.63) is 53.1 Å². The lowest BCUT2D eigenvalue weighted by Crippen LogP contribution is -2.49. The van der Waals surface area contributed by atoms with E-state index in [0.29, 0.717) is 42.7 Å². The van der Waals surface area contributed by atoms with Gasteiger partial charge in [-0.25, -0.2) is 0 Å². The van der Waals surface area contributed by atoms with Gasteiger partial charge in [0.15, 0.2) is 5.76 Å². The van der Waals surface area contributed by atoms with E-state index in [1.807, 2.05) is 29.2 Å². The molecule has 1 aromatic carbocycles. The number of fused-ring (bicyclic) bond motifs is 1. The number of nitrogens with zero attached hydrogens (tertiary/aromatic N) is 5. The molecule has 1 atom stereocenters. The van der Waals surface area contributed by atoms with Gasteiger partial charge < -0.3 is 19.2 Å². The third kappa shape index (κ3) is 3.61. The first-order valence-corrected chi connectivity index (χ1v) is 11.1. The molecule has 0 aliphatic carbocycles. The number of aromatic hydroxyl groups is 1. The quantitative estimate of drug-likeness (QED) is 0.496. The van der Waals surface area contributed by atoms with Gasteiger partial charge in [0, 0.05) is 33.1 Å². The Morgan fingerprint density at radius 2 is 2.03 bits per heavy atom. The van der Waals surface area contributed by atoms with E-state index in [1.54, 1.807) is 32.4 Å². The van der Waals surface area contributed by atoms with Gasteiger partial charge in [0.05, 0.1) is 24.3 Å². The summed E-state index contributed by atoms with van der Waals surface area (Å²) in [4.78, 5) is 21.8. The van der Waals surface area contributed by atoms with Gasteiger partial charge in [-0.2, -0.15) is 9.50 Å². The van der Waals surface area contributed by atoms with E-state index in [0.717, 1.165) is 16.2 Å². The number of hydrogen-bond donors (Lipinski definition) is 1. The first kappa shape index (κ1) is 20.5. The van der Waals surface area contributed by atoms with Crippen LogP contribution >= 0.6 is 11.3 Å². The highest BCUT2D eigenvalue weighted by molar-refractivity contribution is 7.17. The molecule has 0 saturated carbocycles. The summed E-state index contributed by atoms with van der Waals surface area (Å²) in [6.45, 7) is 4.25. The molecule has 3 aromatic heterocycles. The van der Waals surface area contributed by atoms with Gasteiger partial charge in [0.1, 0.15) is 5.75 Å². The molecule has 0 unspecified atom stereocenters. The highest BCUT2D eigenvalue weighted by atomic mass is 32.1. The van der Waals surface area contributed by atoms with Crippen LogP contribution in [0.4, 0.5) is 0 Å². The zero-order valence-electron chi connectivity index (χ0n) is 17.8. The summed E-state index contributed by atoms with van der Waals surface area (Å²) in [6.07, 6.45) is 1.56. The molecule has 10 heteroatoms. The summed E-state index contributed by atoms with van der Waals surface area (Å²) in [5.74, 6) is 1.85. The maximum atomic E-state index is 11.8. The van der Waals surface area contributed by atoms with E-state index in [9.17, 15) is 9.90 Å². The van der Waals surface area contributed by atoms with Gasteiger partial charge in [-0.05, 0) is 29.8 Å². The van der Waals surface area contributed by atoms with E-state index in [4.69, 9.17) is 9.15 Å². The number of hydrogen-bond acceptors (Lipinski definition) is 8. The van der Waals surface area contributed by atoms with Crippen molar-refractivity contribution in [2.24, 2.45) is 0 Å². The van der Waals surface area contributed by atoms with Gasteiger partial charge in [0.2, 0.25) is 22.6 Å². The number of carbonyl (C=O) groups is 1. The van der Waals surface area contributed by atoms with Crippen LogP contribution in [0.15, 0.2) is 47.1 Å². The summed E-state index contributed by atoms with van der Waals surface area (Å²) in [5.41, 5.74) is 0.992. The second-order valence-electron chi connectivity index (χ2n) is 7.62. The molecule has 32 heavy (non-hydrogen) atoms. The summed E-state index contributed by atoms with van der Waals surface area (Å²) >= 11 is 1.39. The first-order valence-electron chi connectivity index (χ1n) is 10.3. The minimum atomic E-state index is -0.222. The van der Waals surface area contributed by atoms with Crippen LogP contribution in [0, 0.1) is 0 Å². The number of aromatic nitrogens is 3. The Morgan fingerprint density at radius 1 is 1.22 bits per heavy atom. The van der Waals surface area contributed by atoms with Crippen molar-refractivity contribution in [2.45, 2.75) is 13.0 Å². The van der Waals surface area contributed by atoms with Crippen LogP contribution in [0.5, 0.6) is 11.6 Å². The standard InChI is InChI=1S/C22H23N5O4S/c1-14(28)25-8-10-26(11-9-25)18(15-5-3-6-16(13-15)30-2)19-21(29)27-22(32-19)23-20(24-27)17-7-4-12-31-17/h3-7,12-13,18,29H,8-11H2,1-2H3/t18-/m0/s1. The molecule has 4 aromatic rings.